The number of nitrogens with zero attached hydrogens (tertiary/aromatic N) is 3. The van der Waals surface area contributed by atoms with Crippen LogP contribution in [0.2, 0.25) is 0 Å². The lowest BCUT2D eigenvalue weighted by atomic mass is 10.2. The van der Waals surface area contributed by atoms with E-state index in [0.29, 0.717) is 18.0 Å². The van der Waals surface area contributed by atoms with Gasteiger partial charge in [0.25, 0.3) is 5.88 Å². The Morgan fingerprint density at radius 3 is 2.56 bits per heavy atom. The Hall–Kier alpha value is -2.76. The quantitative estimate of drug-likeness (QED) is 0.641. The third kappa shape index (κ3) is 3.38. The molecule has 0 aliphatic heterocycles. The van der Waals surface area contributed by atoms with Crippen LogP contribution >= 0.6 is 0 Å². The van der Waals surface area contributed by atoms with Gasteiger partial charge in [0.15, 0.2) is 0 Å². The van der Waals surface area contributed by atoms with Crippen molar-refractivity contribution >= 4 is 10.9 Å². The summed E-state index contributed by atoms with van der Waals surface area (Å²) in [4.78, 5) is 0. The summed E-state index contributed by atoms with van der Waals surface area (Å²) in [6.07, 6.45) is 5.72. The van der Waals surface area contributed by atoms with E-state index < -0.39 is 11.6 Å². The third-order valence-corrected chi connectivity index (χ3v) is 4.24. The fraction of sp³-hybridized carbons (Fsp3) is 0.263. The topological polar surface area (TPSA) is 39.9 Å². The molecule has 0 saturated heterocycles. The average molecular weight is 343 g/mol. The lowest BCUT2D eigenvalue weighted by molar-refractivity contribution is 0.292. The molecular formula is C19H19F2N3O. The first-order valence-corrected chi connectivity index (χ1v) is 8.01. The summed E-state index contributed by atoms with van der Waals surface area (Å²) in [5.74, 6) is -0.917. The first kappa shape index (κ1) is 17.1. The van der Waals surface area contributed by atoms with Gasteiger partial charge in [0.1, 0.15) is 23.8 Å². The third-order valence-electron chi connectivity index (χ3n) is 4.24. The molecule has 3 rings (SSSR count). The predicted molar refractivity (Wildman–Crippen MR) is 92.5 cm³/mol. The van der Waals surface area contributed by atoms with Gasteiger partial charge < -0.3 is 9.30 Å². The number of hydrogen-bond acceptors (Lipinski definition) is 3. The van der Waals surface area contributed by atoms with E-state index in [1.165, 1.54) is 12.1 Å². The Morgan fingerprint density at radius 2 is 1.88 bits per heavy atom. The molecule has 0 saturated carbocycles. The van der Waals surface area contributed by atoms with Crippen LogP contribution in [0.4, 0.5) is 8.78 Å². The summed E-state index contributed by atoms with van der Waals surface area (Å²) in [6, 6.07) is 3.32. The van der Waals surface area contributed by atoms with Crippen LogP contribution in [0, 0.1) is 25.5 Å². The van der Waals surface area contributed by atoms with Gasteiger partial charge in [0, 0.05) is 23.7 Å². The van der Waals surface area contributed by atoms with Gasteiger partial charge in [0.2, 0.25) is 0 Å². The molecule has 2 aromatic heterocycles. The highest BCUT2D eigenvalue weighted by Crippen LogP contribution is 2.30. The maximum absolute atomic E-state index is 13.3. The van der Waals surface area contributed by atoms with E-state index in [1.54, 1.807) is 6.20 Å². The zero-order valence-corrected chi connectivity index (χ0v) is 14.4. The normalized spacial score (nSPS) is 11.6. The van der Waals surface area contributed by atoms with E-state index in [9.17, 15) is 8.78 Å². The zero-order valence-electron chi connectivity index (χ0n) is 14.4. The molecule has 0 fully saturated rings. The number of ether oxygens (including phenoxy) is 1. The van der Waals surface area contributed by atoms with Gasteiger partial charge >= 0.3 is 0 Å². The molecule has 0 radical (unpaired) electrons. The average Bonchev–Trinajstić information content (AvgIpc) is 2.82. The summed E-state index contributed by atoms with van der Waals surface area (Å²) in [7, 11) is 0. The van der Waals surface area contributed by atoms with Crippen LogP contribution in [0.25, 0.3) is 10.9 Å². The van der Waals surface area contributed by atoms with Crippen LogP contribution < -0.4 is 4.74 Å². The summed E-state index contributed by atoms with van der Waals surface area (Å²) >= 11 is 0. The minimum absolute atomic E-state index is 0.00929. The van der Waals surface area contributed by atoms with Crippen molar-refractivity contribution < 1.29 is 13.5 Å². The molecule has 0 spiro atoms. The zero-order chi connectivity index (χ0) is 18.0. The van der Waals surface area contributed by atoms with E-state index >= 15 is 0 Å². The Labute approximate surface area is 144 Å². The SMILES string of the molecule is C/C=C/Cn1c(C)c(C)c2cnnc(OCc3cc(F)cc(F)c3)c21. The number of fused-ring (bicyclic) bond motifs is 1. The molecule has 130 valence electrons. The van der Waals surface area contributed by atoms with Crippen molar-refractivity contribution in [3.05, 3.63) is 65.0 Å². The lowest BCUT2D eigenvalue weighted by Gasteiger charge is -2.10. The van der Waals surface area contributed by atoms with Crippen LogP contribution in [0.15, 0.2) is 36.5 Å². The largest absolute Gasteiger partial charge is 0.470 e. The fourth-order valence-electron chi connectivity index (χ4n) is 2.85. The molecule has 6 heteroatoms. The van der Waals surface area contributed by atoms with Gasteiger partial charge in [-0.2, -0.15) is 5.10 Å². The first-order chi connectivity index (χ1) is 12.0. The predicted octanol–water partition coefficient (Wildman–Crippen LogP) is 4.48. The van der Waals surface area contributed by atoms with E-state index in [1.807, 2.05) is 32.9 Å². The standard InChI is InChI=1S/C19H19F2N3O/c1-4-5-6-24-13(3)12(2)17-10-22-23-19(18(17)24)25-11-14-7-15(20)9-16(21)8-14/h4-5,7-10H,6,11H2,1-3H3/b5-4+. The Balaban J connectivity index is 1.99. The molecule has 3 aromatic rings. The minimum atomic E-state index is -0.633. The number of aromatic nitrogens is 3. The number of aryl methyl sites for hydroxylation is 1. The Morgan fingerprint density at radius 1 is 1.16 bits per heavy atom. The molecule has 2 heterocycles. The van der Waals surface area contributed by atoms with Crippen LogP contribution in [0.1, 0.15) is 23.7 Å². The second-order valence-corrected chi connectivity index (χ2v) is 5.87. The smallest absolute Gasteiger partial charge is 0.258 e. The van der Waals surface area contributed by atoms with E-state index in [2.05, 4.69) is 14.8 Å². The van der Waals surface area contributed by atoms with Gasteiger partial charge in [-0.05, 0) is 44.0 Å². The van der Waals surface area contributed by atoms with Crippen LogP contribution in [-0.2, 0) is 13.2 Å². The van der Waals surface area contributed by atoms with E-state index in [-0.39, 0.29) is 6.61 Å². The van der Waals surface area contributed by atoms with Gasteiger partial charge in [-0.15, -0.1) is 5.10 Å². The molecule has 0 aliphatic carbocycles. The van der Waals surface area contributed by atoms with Gasteiger partial charge in [0.05, 0.1) is 6.20 Å². The second kappa shape index (κ2) is 7.01. The maximum atomic E-state index is 13.3. The van der Waals surface area contributed by atoms with Crippen molar-refractivity contribution in [1.29, 1.82) is 0 Å². The number of allylic oxidation sites excluding steroid dienone is 2. The van der Waals surface area contributed by atoms with Crippen LogP contribution in [0.5, 0.6) is 5.88 Å². The monoisotopic (exact) mass is 343 g/mol. The summed E-state index contributed by atoms with van der Waals surface area (Å²) in [6.45, 7) is 6.71. The highest BCUT2D eigenvalue weighted by atomic mass is 19.1. The molecule has 4 nitrogen and oxygen atoms in total. The molecule has 0 N–H and O–H groups in total. The number of rotatable bonds is 5. The highest BCUT2D eigenvalue weighted by Gasteiger charge is 2.16. The summed E-state index contributed by atoms with van der Waals surface area (Å²) in [5.41, 5.74) is 3.44. The van der Waals surface area contributed by atoms with Gasteiger partial charge in [-0.1, -0.05) is 12.2 Å². The first-order valence-electron chi connectivity index (χ1n) is 8.01. The second-order valence-electron chi connectivity index (χ2n) is 5.87. The number of hydrogen-bond donors (Lipinski definition) is 0. The van der Waals surface area contributed by atoms with Crippen LogP contribution in [0.3, 0.4) is 0 Å². The van der Waals surface area contributed by atoms with Crippen molar-refractivity contribution in [3.8, 4) is 5.88 Å². The molecule has 1 aromatic carbocycles. The Kier molecular flexibility index (Phi) is 4.79. The molecule has 0 aliphatic rings. The minimum Gasteiger partial charge on any atom is -0.470 e. The van der Waals surface area contributed by atoms with Crippen molar-refractivity contribution in [2.75, 3.05) is 0 Å². The maximum Gasteiger partial charge on any atom is 0.258 e. The van der Waals surface area contributed by atoms with Crippen molar-refractivity contribution in [2.45, 2.75) is 33.9 Å². The lowest BCUT2D eigenvalue weighted by Crippen LogP contribution is -2.04. The Bertz CT molecular complexity index is 927. The molecule has 0 bridgehead atoms. The van der Waals surface area contributed by atoms with Crippen molar-refractivity contribution in [1.82, 2.24) is 14.8 Å². The molecule has 0 unspecified atom stereocenters. The number of halogens is 2. The molecule has 0 amide bonds. The fourth-order valence-corrected chi connectivity index (χ4v) is 2.85. The molecule has 25 heavy (non-hydrogen) atoms. The van der Waals surface area contributed by atoms with Crippen LogP contribution in [-0.4, -0.2) is 14.8 Å². The molecular weight excluding hydrogens is 324 g/mol. The summed E-state index contributed by atoms with van der Waals surface area (Å²) in [5, 5.41) is 9.04. The van der Waals surface area contributed by atoms with Gasteiger partial charge in [-0.25, -0.2) is 8.78 Å². The van der Waals surface area contributed by atoms with E-state index in [0.717, 1.165) is 28.2 Å². The van der Waals surface area contributed by atoms with Gasteiger partial charge in [-0.3, -0.25) is 0 Å². The van der Waals surface area contributed by atoms with Crippen molar-refractivity contribution in [3.63, 3.8) is 0 Å². The highest BCUT2D eigenvalue weighted by molar-refractivity contribution is 5.88. The van der Waals surface area contributed by atoms with E-state index in [4.69, 9.17) is 4.74 Å². The summed E-state index contributed by atoms with van der Waals surface area (Å²) < 4.78 is 34.5. The van der Waals surface area contributed by atoms with Crippen molar-refractivity contribution in [2.24, 2.45) is 0 Å². The number of benzene rings is 1. The molecule has 0 atom stereocenters.